The molecule has 5 nitrogen and oxygen atoms in total. The first-order chi connectivity index (χ1) is 13.7. The van der Waals surface area contributed by atoms with Crippen LogP contribution in [0.2, 0.25) is 5.02 Å². The average Bonchev–Trinajstić information content (AvgIpc) is 3.54. The van der Waals surface area contributed by atoms with E-state index in [1.165, 1.54) is 4.68 Å². The van der Waals surface area contributed by atoms with E-state index in [2.05, 4.69) is 10.1 Å². The van der Waals surface area contributed by atoms with Crippen molar-refractivity contribution in [1.82, 2.24) is 14.8 Å². The van der Waals surface area contributed by atoms with Crippen molar-refractivity contribution in [3.63, 3.8) is 0 Å². The third-order valence-corrected chi connectivity index (χ3v) is 5.14. The van der Waals surface area contributed by atoms with E-state index in [1.54, 1.807) is 30.6 Å². The first kappa shape index (κ1) is 17.0. The van der Waals surface area contributed by atoms with Crippen molar-refractivity contribution < 1.29 is 4.74 Å². The van der Waals surface area contributed by atoms with Gasteiger partial charge in [-0.25, -0.2) is 4.98 Å². The number of fused-ring (bicyclic) bond motifs is 1. The first-order valence-corrected chi connectivity index (χ1v) is 9.47. The lowest BCUT2D eigenvalue weighted by molar-refractivity contribution is 0.303. The van der Waals surface area contributed by atoms with Crippen LogP contribution in [0.4, 0.5) is 0 Å². The molecule has 1 fully saturated rings. The summed E-state index contributed by atoms with van der Waals surface area (Å²) in [7, 11) is 0. The molecular formula is C22H16ClN3O2. The van der Waals surface area contributed by atoms with Gasteiger partial charge in [0, 0.05) is 17.1 Å². The van der Waals surface area contributed by atoms with Gasteiger partial charge in [0.05, 0.1) is 22.7 Å². The van der Waals surface area contributed by atoms with E-state index in [1.807, 2.05) is 36.4 Å². The SMILES string of the molecule is O=c1c2ccc(-c3cccc(OC4CC4)c3Cl)cc2cnn1-c1ccccn1. The molecule has 0 bridgehead atoms. The minimum absolute atomic E-state index is 0.209. The van der Waals surface area contributed by atoms with Crippen molar-refractivity contribution in [2.75, 3.05) is 0 Å². The molecule has 0 unspecified atom stereocenters. The molecule has 0 spiro atoms. The molecule has 1 aliphatic carbocycles. The number of halogens is 1. The largest absolute Gasteiger partial charge is 0.489 e. The lowest BCUT2D eigenvalue weighted by atomic mass is 10.0. The number of aromatic nitrogens is 3. The summed E-state index contributed by atoms with van der Waals surface area (Å²) < 4.78 is 7.19. The summed E-state index contributed by atoms with van der Waals surface area (Å²) in [5.74, 6) is 1.19. The Morgan fingerprint density at radius 1 is 1.07 bits per heavy atom. The lowest BCUT2D eigenvalue weighted by Crippen LogP contribution is -2.21. The van der Waals surface area contributed by atoms with E-state index in [0.717, 1.165) is 29.4 Å². The highest BCUT2D eigenvalue weighted by Crippen LogP contribution is 2.38. The van der Waals surface area contributed by atoms with Gasteiger partial charge in [-0.05, 0) is 48.7 Å². The fourth-order valence-electron chi connectivity index (χ4n) is 3.15. The van der Waals surface area contributed by atoms with Crippen LogP contribution in [0.3, 0.4) is 0 Å². The van der Waals surface area contributed by atoms with Crippen molar-refractivity contribution >= 4 is 22.4 Å². The second-order valence-electron chi connectivity index (χ2n) is 6.79. The molecule has 5 rings (SSSR count). The van der Waals surface area contributed by atoms with Crippen molar-refractivity contribution in [2.24, 2.45) is 0 Å². The Labute approximate surface area is 166 Å². The minimum Gasteiger partial charge on any atom is -0.489 e. The van der Waals surface area contributed by atoms with Crippen LogP contribution in [0.15, 0.2) is 71.8 Å². The molecule has 2 aromatic heterocycles. The third kappa shape index (κ3) is 3.04. The highest BCUT2D eigenvalue weighted by molar-refractivity contribution is 6.34. The smallest absolute Gasteiger partial charge is 0.280 e. The van der Waals surface area contributed by atoms with Gasteiger partial charge in [-0.1, -0.05) is 35.9 Å². The van der Waals surface area contributed by atoms with Gasteiger partial charge in [0.15, 0.2) is 5.82 Å². The van der Waals surface area contributed by atoms with Crippen LogP contribution < -0.4 is 10.3 Å². The number of pyridine rings is 1. The molecular weight excluding hydrogens is 374 g/mol. The zero-order chi connectivity index (χ0) is 19.1. The Kier molecular flexibility index (Phi) is 4.10. The maximum absolute atomic E-state index is 12.8. The van der Waals surface area contributed by atoms with Crippen molar-refractivity contribution in [3.05, 3.63) is 82.4 Å². The van der Waals surface area contributed by atoms with E-state index in [4.69, 9.17) is 16.3 Å². The number of hydrogen-bond acceptors (Lipinski definition) is 4. The maximum atomic E-state index is 12.8. The summed E-state index contributed by atoms with van der Waals surface area (Å²) in [5, 5.41) is 6.19. The van der Waals surface area contributed by atoms with Crippen molar-refractivity contribution in [1.29, 1.82) is 0 Å². The molecule has 2 aromatic carbocycles. The van der Waals surface area contributed by atoms with Crippen LogP contribution in [-0.2, 0) is 0 Å². The molecule has 138 valence electrons. The molecule has 0 amide bonds. The summed E-state index contributed by atoms with van der Waals surface area (Å²) in [5.41, 5.74) is 1.57. The highest BCUT2D eigenvalue weighted by atomic mass is 35.5. The van der Waals surface area contributed by atoms with Gasteiger partial charge in [-0.2, -0.15) is 9.78 Å². The van der Waals surface area contributed by atoms with Gasteiger partial charge in [0.2, 0.25) is 0 Å². The van der Waals surface area contributed by atoms with Gasteiger partial charge < -0.3 is 4.74 Å². The van der Waals surface area contributed by atoms with E-state index in [-0.39, 0.29) is 11.7 Å². The maximum Gasteiger partial charge on any atom is 0.280 e. The van der Waals surface area contributed by atoms with Gasteiger partial charge in [0.1, 0.15) is 5.75 Å². The van der Waals surface area contributed by atoms with E-state index in [0.29, 0.717) is 22.0 Å². The third-order valence-electron chi connectivity index (χ3n) is 4.75. The van der Waals surface area contributed by atoms with E-state index in [9.17, 15) is 4.79 Å². The molecule has 0 aliphatic heterocycles. The predicted molar refractivity (Wildman–Crippen MR) is 109 cm³/mol. The Morgan fingerprint density at radius 2 is 1.96 bits per heavy atom. The van der Waals surface area contributed by atoms with Crippen LogP contribution in [0.5, 0.6) is 5.75 Å². The number of hydrogen-bond donors (Lipinski definition) is 0. The summed E-state index contributed by atoms with van der Waals surface area (Å²) in [6.45, 7) is 0. The summed E-state index contributed by atoms with van der Waals surface area (Å²) in [6, 6.07) is 16.8. The normalized spacial score (nSPS) is 13.6. The molecule has 0 radical (unpaired) electrons. The van der Waals surface area contributed by atoms with Crippen LogP contribution >= 0.6 is 11.6 Å². The average molecular weight is 390 g/mol. The number of rotatable bonds is 4. The Hall–Kier alpha value is -3.18. The number of ether oxygens (including phenoxy) is 1. The van der Waals surface area contributed by atoms with E-state index >= 15 is 0 Å². The molecule has 4 aromatic rings. The quantitative estimate of drug-likeness (QED) is 0.510. The van der Waals surface area contributed by atoms with Crippen LogP contribution in [-0.4, -0.2) is 20.9 Å². The topological polar surface area (TPSA) is 57.0 Å². The summed E-state index contributed by atoms with van der Waals surface area (Å²) in [6.07, 6.45) is 5.73. The monoisotopic (exact) mass is 389 g/mol. The molecule has 0 saturated heterocycles. The molecule has 1 aliphatic rings. The second-order valence-corrected chi connectivity index (χ2v) is 7.16. The van der Waals surface area contributed by atoms with E-state index < -0.39 is 0 Å². The highest BCUT2D eigenvalue weighted by Gasteiger charge is 2.25. The molecule has 28 heavy (non-hydrogen) atoms. The van der Waals surface area contributed by atoms with Gasteiger partial charge in [-0.15, -0.1) is 0 Å². The number of nitrogens with zero attached hydrogens (tertiary/aromatic N) is 3. The summed E-state index contributed by atoms with van der Waals surface area (Å²) in [4.78, 5) is 17.0. The fraction of sp³-hybridized carbons (Fsp3) is 0.136. The second kappa shape index (κ2) is 6.77. The van der Waals surface area contributed by atoms with Crippen molar-refractivity contribution in [3.8, 4) is 22.7 Å². The van der Waals surface area contributed by atoms with Crippen molar-refractivity contribution in [2.45, 2.75) is 18.9 Å². The summed E-state index contributed by atoms with van der Waals surface area (Å²) >= 11 is 6.59. The first-order valence-electron chi connectivity index (χ1n) is 9.10. The van der Waals surface area contributed by atoms with Gasteiger partial charge in [-0.3, -0.25) is 4.79 Å². The standard InChI is InChI=1S/C22H16ClN3O2/c23-21-17(4-3-5-19(21)28-16-8-9-16)14-7-10-18-15(12-14)13-25-26(22(18)27)20-6-1-2-11-24-20/h1-7,10-13,16H,8-9H2. The van der Waals surface area contributed by atoms with Gasteiger partial charge in [0.25, 0.3) is 5.56 Å². The molecule has 0 atom stereocenters. The predicted octanol–water partition coefficient (Wildman–Crippen LogP) is 4.64. The molecule has 2 heterocycles. The fourth-order valence-corrected chi connectivity index (χ4v) is 3.43. The Bertz CT molecular complexity index is 1230. The lowest BCUT2D eigenvalue weighted by Gasteiger charge is -2.12. The Balaban J connectivity index is 1.59. The number of benzene rings is 2. The molecule has 6 heteroatoms. The zero-order valence-corrected chi connectivity index (χ0v) is 15.6. The van der Waals surface area contributed by atoms with Crippen LogP contribution in [0, 0.1) is 0 Å². The van der Waals surface area contributed by atoms with Crippen LogP contribution in [0.1, 0.15) is 12.8 Å². The van der Waals surface area contributed by atoms with Crippen LogP contribution in [0.25, 0.3) is 27.7 Å². The molecule has 1 saturated carbocycles. The zero-order valence-electron chi connectivity index (χ0n) is 14.9. The Morgan fingerprint density at radius 3 is 2.75 bits per heavy atom. The minimum atomic E-state index is -0.209. The van der Waals surface area contributed by atoms with Gasteiger partial charge >= 0.3 is 0 Å². The molecule has 0 N–H and O–H groups in total.